The van der Waals surface area contributed by atoms with Gasteiger partial charge in [0.05, 0.1) is 11.9 Å². The Bertz CT molecular complexity index is 786. The molecule has 0 fully saturated rings. The van der Waals surface area contributed by atoms with E-state index in [1.54, 1.807) is 6.07 Å². The molecule has 0 radical (unpaired) electrons. The molecule has 1 aromatic carbocycles. The second kappa shape index (κ2) is 5.96. The third-order valence-corrected chi connectivity index (χ3v) is 4.58. The van der Waals surface area contributed by atoms with Crippen LogP contribution in [-0.4, -0.2) is 33.7 Å². The van der Waals surface area contributed by atoms with Crippen molar-refractivity contribution in [3.05, 3.63) is 28.9 Å². The minimum Gasteiger partial charge on any atom is -0.397 e. The molecule has 0 atom stereocenters. The second-order valence-electron chi connectivity index (χ2n) is 4.41. The highest BCUT2D eigenvalue weighted by molar-refractivity contribution is 7.88. The predicted molar refractivity (Wildman–Crippen MR) is 81.4 cm³/mol. The van der Waals surface area contributed by atoms with Gasteiger partial charge in [-0.15, -0.1) is 11.3 Å². The maximum atomic E-state index is 13.2. The zero-order valence-corrected chi connectivity index (χ0v) is 12.8. The number of nitrogens with one attached hydrogen (secondary N) is 2. The highest BCUT2D eigenvalue weighted by atomic mass is 32.2. The lowest BCUT2D eigenvalue weighted by molar-refractivity contribution is 0.0959. The molecule has 1 aromatic heterocycles. The van der Waals surface area contributed by atoms with Gasteiger partial charge in [-0.25, -0.2) is 17.5 Å². The molecule has 0 unspecified atom stereocenters. The van der Waals surface area contributed by atoms with Gasteiger partial charge in [-0.05, 0) is 18.2 Å². The molecule has 0 aliphatic rings. The smallest absolute Gasteiger partial charge is 0.263 e. The highest BCUT2D eigenvalue weighted by Gasteiger charge is 2.16. The summed E-state index contributed by atoms with van der Waals surface area (Å²) in [6.45, 7) is 0.220. The number of sulfonamides is 1. The predicted octanol–water partition coefficient (Wildman–Crippen LogP) is 0.902. The minimum absolute atomic E-state index is 0.0873. The Kier molecular flexibility index (Phi) is 4.45. The largest absolute Gasteiger partial charge is 0.397 e. The van der Waals surface area contributed by atoms with E-state index in [4.69, 9.17) is 5.73 Å². The molecule has 9 heteroatoms. The van der Waals surface area contributed by atoms with Crippen LogP contribution >= 0.6 is 11.3 Å². The number of fused-ring (bicyclic) bond motifs is 1. The summed E-state index contributed by atoms with van der Waals surface area (Å²) >= 11 is 1.16. The SMILES string of the molecule is CS(=O)(=O)NCCNC(=O)c1sc2ccc(F)cc2c1N. The van der Waals surface area contributed by atoms with Crippen LogP contribution in [0.2, 0.25) is 0 Å². The molecular formula is C12H14FN3O3S2. The molecule has 1 amide bonds. The highest BCUT2D eigenvalue weighted by Crippen LogP contribution is 2.33. The zero-order valence-electron chi connectivity index (χ0n) is 11.1. The molecule has 1 heterocycles. The first-order valence-electron chi connectivity index (χ1n) is 5.98. The number of halogens is 1. The van der Waals surface area contributed by atoms with Crippen LogP contribution in [-0.2, 0) is 10.0 Å². The zero-order chi connectivity index (χ0) is 15.6. The number of thiophene rings is 1. The van der Waals surface area contributed by atoms with Crippen LogP contribution in [0.1, 0.15) is 9.67 Å². The van der Waals surface area contributed by atoms with Gasteiger partial charge in [0.2, 0.25) is 10.0 Å². The molecule has 2 aromatic rings. The number of rotatable bonds is 5. The van der Waals surface area contributed by atoms with E-state index in [2.05, 4.69) is 10.0 Å². The van der Waals surface area contributed by atoms with Crippen LogP contribution in [0.25, 0.3) is 10.1 Å². The summed E-state index contributed by atoms with van der Waals surface area (Å²) in [5.74, 6) is -0.833. The number of carbonyl (C=O) groups excluding carboxylic acids is 1. The minimum atomic E-state index is -3.29. The molecule has 2 rings (SSSR count). The van der Waals surface area contributed by atoms with Crippen molar-refractivity contribution >= 4 is 43.0 Å². The van der Waals surface area contributed by atoms with Gasteiger partial charge in [-0.1, -0.05) is 0 Å². The van der Waals surface area contributed by atoms with E-state index < -0.39 is 21.7 Å². The van der Waals surface area contributed by atoms with Crippen molar-refractivity contribution in [2.24, 2.45) is 0 Å². The fourth-order valence-corrected chi connectivity index (χ4v) is 3.24. The number of anilines is 1. The Hall–Kier alpha value is -1.71. The third-order valence-electron chi connectivity index (χ3n) is 2.67. The fourth-order valence-electron chi connectivity index (χ4n) is 1.75. The van der Waals surface area contributed by atoms with Crippen molar-refractivity contribution in [3.63, 3.8) is 0 Å². The van der Waals surface area contributed by atoms with Gasteiger partial charge in [0.1, 0.15) is 10.7 Å². The van der Waals surface area contributed by atoms with Gasteiger partial charge in [0.15, 0.2) is 0 Å². The number of hydrogen-bond acceptors (Lipinski definition) is 5. The average Bonchev–Trinajstić information content (AvgIpc) is 2.71. The maximum absolute atomic E-state index is 13.2. The molecule has 114 valence electrons. The normalized spacial score (nSPS) is 11.7. The molecule has 0 aliphatic heterocycles. The van der Waals surface area contributed by atoms with E-state index in [1.165, 1.54) is 12.1 Å². The lowest BCUT2D eigenvalue weighted by atomic mass is 10.2. The Morgan fingerprint density at radius 2 is 2.10 bits per heavy atom. The Labute approximate surface area is 125 Å². The molecular weight excluding hydrogens is 317 g/mol. The maximum Gasteiger partial charge on any atom is 0.263 e. The van der Waals surface area contributed by atoms with Crippen molar-refractivity contribution in [1.82, 2.24) is 10.0 Å². The van der Waals surface area contributed by atoms with Crippen molar-refractivity contribution in [2.75, 3.05) is 25.1 Å². The Morgan fingerprint density at radius 1 is 1.38 bits per heavy atom. The van der Waals surface area contributed by atoms with Gasteiger partial charge in [-0.2, -0.15) is 0 Å². The molecule has 0 bridgehead atoms. The van der Waals surface area contributed by atoms with Crippen LogP contribution in [0.5, 0.6) is 0 Å². The van der Waals surface area contributed by atoms with Gasteiger partial charge in [-0.3, -0.25) is 4.79 Å². The van der Waals surface area contributed by atoms with Gasteiger partial charge in [0, 0.05) is 23.2 Å². The number of nitrogens with two attached hydrogens (primary N) is 1. The van der Waals surface area contributed by atoms with E-state index in [0.29, 0.717) is 10.1 Å². The lowest BCUT2D eigenvalue weighted by Gasteiger charge is -2.04. The summed E-state index contributed by atoms with van der Waals surface area (Å²) in [4.78, 5) is 12.3. The summed E-state index contributed by atoms with van der Waals surface area (Å²) in [5, 5.41) is 3.06. The lowest BCUT2D eigenvalue weighted by Crippen LogP contribution is -2.34. The van der Waals surface area contributed by atoms with Crippen LogP contribution in [0.4, 0.5) is 10.1 Å². The monoisotopic (exact) mass is 331 g/mol. The first-order chi connectivity index (χ1) is 9.78. The molecule has 6 nitrogen and oxygen atoms in total. The van der Waals surface area contributed by atoms with E-state index in [1.807, 2.05) is 0 Å². The summed E-state index contributed by atoms with van der Waals surface area (Å²) in [6.07, 6.45) is 1.04. The third kappa shape index (κ3) is 3.90. The Balaban J connectivity index is 2.08. The van der Waals surface area contributed by atoms with E-state index in [9.17, 15) is 17.6 Å². The van der Waals surface area contributed by atoms with Crippen LogP contribution < -0.4 is 15.8 Å². The van der Waals surface area contributed by atoms with E-state index in [-0.39, 0.29) is 23.7 Å². The molecule has 0 saturated heterocycles. The van der Waals surface area contributed by atoms with Crippen molar-refractivity contribution in [1.29, 1.82) is 0 Å². The molecule has 21 heavy (non-hydrogen) atoms. The van der Waals surface area contributed by atoms with Crippen LogP contribution in [0.15, 0.2) is 18.2 Å². The van der Waals surface area contributed by atoms with E-state index in [0.717, 1.165) is 17.6 Å². The van der Waals surface area contributed by atoms with Gasteiger partial charge >= 0.3 is 0 Å². The number of amides is 1. The topological polar surface area (TPSA) is 101 Å². The van der Waals surface area contributed by atoms with Crippen molar-refractivity contribution in [3.8, 4) is 0 Å². The molecule has 0 saturated carbocycles. The summed E-state index contributed by atoms with van der Waals surface area (Å²) in [6, 6.07) is 4.15. The summed E-state index contributed by atoms with van der Waals surface area (Å²) in [5.41, 5.74) is 6.08. The quantitative estimate of drug-likeness (QED) is 0.709. The fraction of sp³-hybridized carbons (Fsp3) is 0.250. The van der Waals surface area contributed by atoms with Crippen LogP contribution in [0.3, 0.4) is 0 Å². The Morgan fingerprint density at radius 3 is 2.76 bits per heavy atom. The number of hydrogen-bond donors (Lipinski definition) is 3. The van der Waals surface area contributed by atoms with Gasteiger partial charge in [0.25, 0.3) is 5.91 Å². The molecule has 4 N–H and O–H groups in total. The number of carbonyl (C=O) groups is 1. The van der Waals surface area contributed by atoms with Crippen molar-refractivity contribution in [2.45, 2.75) is 0 Å². The number of nitrogen functional groups attached to an aromatic ring is 1. The molecule has 0 spiro atoms. The van der Waals surface area contributed by atoms with Crippen LogP contribution in [0, 0.1) is 5.82 Å². The van der Waals surface area contributed by atoms with Gasteiger partial charge < -0.3 is 11.1 Å². The summed E-state index contributed by atoms with van der Waals surface area (Å²) < 4.78 is 37.9. The first-order valence-corrected chi connectivity index (χ1v) is 8.69. The first kappa shape index (κ1) is 15.7. The molecule has 0 aliphatic carbocycles. The standard InChI is InChI=1S/C12H14FN3O3S2/c1-21(18,19)16-5-4-15-12(17)11-10(14)8-6-7(13)2-3-9(8)20-11/h2-3,6,16H,4-5,14H2,1H3,(H,15,17). The average molecular weight is 331 g/mol. The summed E-state index contributed by atoms with van der Waals surface area (Å²) in [7, 11) is -3.29. The second-order valence-corrected chi connectivity index (χ2v) is 7.29. The van der Waals surface area contributed by atoms with Crippen molar-refractivity contribution < 1.29 is 17.6 Å². The number of benzene rings is 1. The van der Waals surface area contributed by atoms with E-state index >= 15 is 0 Å².